The van der Waals surface area contributed by atoms with Gasteiger partial charge in [0.15, 0.2) is 0 Å². The molecule has 4 nitrogen and oxygen atoms in total. The van der Waals surface area contributed by atoms with Gasteiger partial charge >= 0.3 is 156 Å². The molecular formula is C18H39Cl2N4Ti. The van der Waals surface area contributed by atoms with E-state index in [9.17, 15) is 0 Å². The first-order valence-electron chi connectivity index (χ1n) is 9.71. The Bertz CT molecular complexity index is 275. The van der Waals surface area contributed by atoms with Crippen LogP contribution in [-0.4, -0.2) is 74.1 Å². The van der Waals surface area contributed by atoms with E-state index < -0.39 is 0 Å². The third-order valence-electron chi connectivity index (χ3n) is 4.76. The average Bonchev–Trinajstić information content (AvgIpc) is 2.54. The van der Waals surface area contributed by atoms with Crippen LogP contribution in [0.15, 0.2) is 0 Å². The first-order valence-corrected chi connectivity index (χ1v) is 10.6. The zero-order chi connectivity index (χ0) is 16.8. The van der Waals surface area contributed by atoms with Gasteiger partial charge in [0.2, 0.25) is 0 Å². The van der Waals surface area contributed by atoms with Crippen molar-refractivity contribution < 1.29 is 45.2 Å². The van der Waals surface area contributed by atoms with Crippen LogP contribution in [0.25, 0.3) is 0 Å². The Kier molecular flexibility index (Phi) is 22.5. The maximum Gasteiger partial charge on any atom is -1.00 e. The minimum absolute atomic E-state index is 0. The molecule has 0 saturated carbocycles. The Balaban J connectivity index is 0. The van der Waals surface area contributed by atoms with Crippen molar-refractivity contribution in [3.05, 3.63) is 0 Å². The van der Waals surface area contributed by atoms with Crippen LogP contribution in [0.4, 0.5) is 0 Å². The quantitative estimate of drug-likeness (QED) is 0.385. The van der Waals surface area contributed by atoms with Crippen molar-refractivity contribution in [2.45, 2.75) is 55.7 Å². The molecule has 1 atom stereocenters. The smallest absolute Gasteiger partial charge is 1.00 e. The molecule has 0 bridgehead atoms. The Morgan fingerprint density at radius 2 is 1.12 bits per heavy atom. The summed E-state index contributed by atoms with van der Waals surface area (Å²) in [5.74, 6) is 0. The summed E-state index contributed by atoms with van der Waals surface area (Å²) in [6.07, 6.45) is 10.5. The van der Waals surface area contributed by atoms with Gasteiger partial charge in [0, 0.05) is 0 Å². The molecular weight excluding hydrogens is 391 g/mol. The van der Waals surface area contributed by atoms with Crippen LogP contribution < -0.4 is 35.4 Å². The Hall–Kier alpha value is 1.13. The maximum atomic E-state index is 3.60. The van der Waals surface area contributed by atoms with Crippen LogP contribution in [0.3, 0.4) is 0 Å². The van der Waals surface area contributed by atoms with Gasteiger partial charge < -0.3 is 24.8 Å². The zero-order valence-corrected chi connectivity index (χ0v) is 19.4. The van der Waals surface area contributed by atoms with Gasteiger partial charge in [-0.15, -0.1) is 0 Å². The second-order valence-corrected chi connectivity index (χ2v) is 8.10. The van der Waals surface area contributed by atoms with Gasteiger partial charge in [0.05, 0.1) is 0 Å². The normalized spacial score (nSPS) is 25.4. The van der Waals surface area contributed by atoms with Gasteiger partial charge in [0.1, 0.15) is 0 Å². The van der Waals surface area contributed by atoms with Gasteiger partial charge in [-0.3, -0.25) is 0 Å². The van der Waals surface area contributed by atoms with E-state index >= 15 is 0 Å². The SMILES string of the molecule is CN1CCCCNCCCCNCCC[CH]([Ti+2])N(C)CCCC1.[Cl-].[Cl-]. The van der Waals surface area contributed by atoms with E-state index in [1.54, 1.807) is 0 Å². The van der Waals surface area contributed by atoms with Crippen molar-refractivity contribution in [3.8, 4) is 0 Å². The fourth-order valence-electron chi connectivity index (χ4n) is 3.03. The summed E-state index contributed by atoms with van der Waals surface area (Å²) >= 11 is 2.38. The summed E-state index contributed by atoms with van der Waals surface area (Å²) in [7, 11) is 4.57. The van der Waals surface area contributed by atoms with Gasteiger partial charge in [-0.25, -0.2) is 0 Å². The van der Waals surface area contributed by atoms with Gasteiger partial charge in [-0.1, -0.05) is 0 Å². The molecule has 1 aliphatic rings. The van der Waals surface area contributed by atoms with Crippen molar-refractivity contribution in [2.75, 3.05) is 59.9 Å². The van der Waals surface area contributed by atoms with Crippen LogP contribution in [0.1, 0.15) is 51.4 Å². The van der Waals surface area contributed by atoms with Crippen molar-refractivity contribution in [2.24, 2.45) is 0 Å². The van der Waals surface area contributed by atoms with Crippen LogP contribution in [0, 0.1) is 0 Å². The predicted octanol–water partition coefficient (Wildman–Crippen LogP) is -3.96. The fraction of sp³-hybridized carbons (Fsp3) is 1.00. The van der Waals surface area contributed by atoms with E-state index in [1.807, 2.05) is 0 Å². The second-order valence-electron chi connectivity index (χ2n) is 7.06. The largest absolute Gasteiger partial charge is 1.00 e. The molecule has 0 spiro atoms. The Morgan fingerprint density at radius 3 is 1.72 bits per heavy atom. The van der Waals surface area contributed by atoms with Crippen LogP contribution >= 0.6 is 0 Å². The van der Waals surface area contributed by atoms with E-state index in [0.29, 0.717) is 4.35 Å². The molecule has 0 aromatic carbocycles. The Labute approximate surface area is 180 Å². The van der Waals surface area contributed by atoms with Crippen LogP contribution in [0.5, 0.6) is 0 Å². The molecule has 149 valence electrons. The van der Waals surface area contributed by atoms with E-state index in [1.165, 1.54) is 97.2 Å². The first kappa shape index (κ1) is 28.3. The summed E-state index contributed by atoms with van der Waals surface area (Å²) in [6.45, 7) is 8.46. The zero-order valence-electron chi connectivity index (χ0n) is 16.3. The van der Waals surface area contributed by atoms with Gasteiger partial charge in [-0.2, -0.15) is 0 Å². The summed E-state index contributed by atoms with van der Waals surface area (Å²) in [5, 5.41) is 7.18. The number of hydrogen-bond donors (Lipinski definition) is 2. The standard InChI is InChI=1S/C18H39N4.2ClH.Ti/c1-21-15-7-5-13-19-11-3-4-12-20-14-6-8-16-22(2)18-10-9-17-21;;;/h15,19-20H,3-14,16-18H2,1-2H3;2*1H;/q;;;+2/p-2. The predicted molar refractivity (Wildman–Crippen MR) is 96.6 cm³/mol. The first-order chi connectivity index (χ1) is 11.2. The number of rotatable bonds is 0. The number of nitrogens with zero attached hydrogens (tertiary/aromatic N) is 2. The van der Waals surface area contributed by atoms with E-state index in [0.717, 1.165) is 0 Å². The van der Waals surface area contributed by atoms with Crippen LogP contribution in [-0.2, 0) is 20.4 Å². The minimum Gasteiger partial charge on any atom is -1.00 e. The fourth-order valence-corrected chi connectivity index (χ4v) is 3.55. The number of hydrogen-bond acceptors (Lipinski definition) is 4. The van der Waals surface area contributed by atoms with E-state index in [4.69, 9.17) is 0 Å². The second kappa shape index (κ2) is 19.9. The molecule has 25 heavy (non-hydrogen) atoms. The third kappa shape index (κ3) is 17.0. The van der Waals surface area contributed by atoms with E-state index in [2.05, 4.69) is 55.0 Å². The number of nitrogens with one attached hydrogen (secondary N) is 2. The maximum absolute atomic E-state index is 3.60. The monoisotopic (exact) mass is 429 g/mol. The van der Waals surface area contributed by atoms with Gasteiger partial charge in [-0.05, 0) is 0 Å². The Morgan fingerprint density at radius 1 is 0.680 bits per heavy atom. The molecule has 1 heterocycles. The molecule has 0 amide bonds. The van der Waals surface area contributed by atoms with E-state index in [-0.39, 0.29) is 24.8 Å². The molecule has 0 aromatic heterocycles. The molecule has 0 radical (unpaired) electrons. The summed E-state index contributed by atoms with van der Waals surface area (Å²) in [6, 6.07) is 0. The van der Waals surface area contributed by atoms with Crippen molar-refractivity contribution in [3.63, 3.8) is 0 Å². The molecule has 2 N–H and O–H groups in total. The summed E-state index contributed by atoms with van der Waals surface area (Å²) in [4.78, 5) is 5.05. The minimum atomic E-state index is 0. The number of halogens is 2. The molecule has 0 aliphatic carbocycles. The summed E-state index contributed by atoms with van der Waals surface area (Å²) < 4.78 is 0.712. The molecule has 1 unspecified atom stereocenters. The van der Waals surface area contributed by atoms with Crippen molar-refractivity contribution >= 4 is 0 Å². The molecule has 1 rings (SSSR count). The molecule has 1 fully saturated rings. The van der Waals surface area contributed by atoms with Crippen LogP contribution in [0.2, 0.25) is 0 Å². The van der Waals surface area contributed by atoms with Gasteiger partial charge in [0.25, 0.3) is 0 Å². The molecule has 7 heteroatoms. The average molecular weight is 430 g/mol. The molecule has 0 aromatic rings. The third-order valence-corrected chi connectivity index (χ3v) is 5.90. The summed E-state index contributed by atoms with van der Waals surface area (Å²) in [5.41, 5.74) is 0. The molecule has 1 aliphatic heterocycles. The topological polar surface area (TPSA) is 30.5 Å². The van der Waals surface area contributed by atoms with Crippen molar-refractivity contribution in [1.82, 2.24) is 20.4 Å². The molecule has 1 saturated heterocycles. The van der Waals surface area contributed by atoms with Crippen molar-refractivity contribution in [1.29, 1.82) is 0 Å².